The molecule has 1 fully saturated rings. The Balaban J connectivity index is 2.86. The molecule has 1 unspecified atom stereocenters. The first-order valence-electron chi connectivity index (χ1n) is 5.23. The molecule has 1 aliphatic rings. The minimum Gasteiger partial charge on any atom is -0.378 e. The lowest BCUT2D eigenvalue weighted by Crippen LogP contribution is -2.64. The van der Waals surface area contributed by atoms with E-state index in [0.717, 1.165) is 19.8 Å². The van der Waals surface area contributed by atoms with Crippen LogP contribution in [0.2, 0.25) is 0 Å². The van der Waals surface area contributed by atoms with Crippen LogP contribution in [0.4, 0.5) is 0 Å². The standard InChI is InChI=1S/C11H23NO/c1-9(2)11(10(3,4)5)8-13-7-6-12-11/h9,12H,6-8H2,1-5H3. The molecular formula is C11H23NO. The van der Waals surface area contributed by atoms with Crippen LogP contribution in [0.5, 0.6) is 0 Å². The summed E-state index contributed by atoms with van der Waals surface area (Å²) in [7, 11) is 0. The zero-order valence-corrected chi connectivity index (χ0v) is 9.61. The van der Waals surface area contributed by atoms with Gasteiger partial charge in [-0.1, -0.05) is 34.6 Å². The summed E-state index contributed by atoms with van der Waals surface area (Å²) in [4.78, 5) is 0. The van der Waals surface area contributed by atoms with E-state index in [2.05, 4.69) is 39.9 Å². The summed E-state index contributed by atoms with van der Waals surface area (Å²) in [6.07, 6.45) is 0. The third kappa shape index (κ3) is 1.89. The third-order valence-corrected chi connectivity index (χ3v) is 3.34. The first-order valence-corrected chi connectivity index (χ1v) is 5.23. The van der Waals surface area contributed by atoms with Crippen molar-refractivity contribution in [1.29, 1.82) is 0 Å². The Labute approximate surface area is 82.0 Å². The molecule has 0 aromatic heterocycles. The minimum atomic E-state index is 0.144. The molecule has 13 heavy (non-hydrogen) atoms. The van der Waals surface area contributed by atoms with Crippen molar-refractivity contribution in [3.05, 3.63) is 0 Å². The molecule has 1 saturated heterocycles. The van der Waals surface area contributed by atoms with Gasteiger partial charge in [0.15, 0.2) is 0 Å². The zero-order valence-electron chi connectivity index (χ0n) is 9.61. The fourth-order valence-corrected chi connectivity index (χ4v) is 2.35. The monoisotopic (exact) mass is 185 g/mol. The molecule has 0 aromatic rings. The summed E-state index contributed by atoms with van der Waals surface area (Å²) in [6.45, 7) is 14.1. The van der Waals surface area contributed by atoms with Gasteiger partial charge >= 0.3 is 0 Å². The molecule has 0 saturated carbocycles. The van der Waals surface area contributed by atoms with E-state index in [4.69, 9.17) is 4.74 Å². The summed E-state index contributed by atoms with van der Waals surface area (Å²) in [5.74, 6) is 0.604. The van der Waals surface area contributed by atoms with Crippen molar-refractivity contribution in [3.63, 3.8) is 0 Å². The van der Waals surface area contributed by atoms with Gasteiger partial charge in [0.1, 0.15) is 0 Å². The summed E-state index contributed by atoms with van der Waals surface area (Å²) in [6, 6.07) is 0. The summed E-state index contributed by atoms with van der Waals surface area (Å²) < 4.78 is 5.61. The van der Waals surface area contributed by atoms with Crippen molar-refractivity contribution in [2.45, 2.75) is 40.2 Å². The second kappa shape index (κ2) is 3.58. The number of morpholine rings is 1. The van der Waals surface area contributed by atoms with E-state index in [1.54, 1.807) is 0 Å². The molecule has 0 amide bonds. The van der Waals surface area contributed by atoms with E-state index in [9.17, 15) is 0 Å². The molecule has 0 aliphatic carbocycles. The van der Waals surface area contributed by atoms with Gasteiger partial charge in [-0.3, -0.25) is 0 Å². The predicted octanol–water partition coefficient (Wildman–Crippen LogP) is 2.05. The quantitative estimate of drug-likeness (QED) is 0.675. The lowest BCUT2D eigenvalue weighted by Gasteiger charge is -2.50. The van der Waals surface area contributed by atoms with Crippen LogP contribution in [-0.4, -0.2) is 25.3 Å². The Hall–Kier alpha value is -0.0800. The molecule has 1 atom stereocenters. The number of hydrogen-bond acceptors (Lipinski definition) is 2. The molecule has 2 nitrogen and oxygen atoms in total. The first-order chi connectivity index (χ1) is 5.90. The third-order valence-electron chi connectivity index (χ3n) is 3.34. The summed E-state index contributed by atoms with van der Waals surface area (Å²) in [5, 5.41) is 3.65. The van der Waals surface area contributed by atoms with Gasteiger partial charge in [-0.25, -0.2) is 0 Å². The van der Waals surface area contributed by atoms with Crippen LogP contribution >= 0.6 is 0 Å². The van der Waals surface area contributed by atoms with Crippen molar-refractivity contribution in [1.82, 2.24) is 5.32 Å². The van der Waals surface area contributed by atoms with Gasteiger partial charge in [0.25, 0.3) is 0 Å². The van der Waals surface area contributed by atoms with Crippen LogP contribution in [0.25, 0.3) is 0 Å². The lowest BCUT2D eigenvalue weighted by atomic mass is 9.67. The van der Waals surface area contributed by atoms with Crippen LogP contribution in [0, 0.1) is 11.3 Å². The van der Waals surface area contributed by atoms with Crippen LogP contribution in [0.3, 0.4) is 0 Å². The van der Waals surface area contributed by atoms with Gasteiger partial charge in [0, 0.05) is 12.1 Å². The topological polar surface area (TPSA) is 21.3 Å². The Morgan fingerprint density at radius 2 is 1.92 bits per heavy atom. The van der Waals surface area contributed by atoms with Crippen LogP contribution in [-0.2, 0) is 4.74 Å². The Morgan fingerprint density at radius 1 is 1.31 bits per heavy atom. The fraction of sp³-hybridized carbons (Fsp3) is 1.00. The highest BCUT2D eigenvalue weighted by molar-refractivity contribution is 5.01. The average molecular weight is 185 g/mol. The maximum atomic E-state index is 5.61. The molecule has 1 rings (SSSR count). The van der Waals surface area contributed by atoms with E-state index < -0.39 is 0 Å². The maximum absolute atomic E-state index is 5.61. The summed E-state index contributed by atoms with van der Waals surface area (Å²) >= 11 is 0. The number of hydrogen-bond donors (Lipinski definition) is 1. The smallest absolute Gasteiger partial charge is 0.0656 e. The van der Waals surface area contributed by atoms with Gasteiger partial charge < -0.3 is 10.1 Å². The van der Waals surface area contributed by atoms with E-state index in [1.807, 2.05) is 0 Å². The van der Waals surface area contributed by atoms with Crippen molar-refractivity contribution >= 4 is 0 Å². The molecule has 1 heterocycles. The van der Waals surface area contributed by atoms with Crippen LogP contribution in [0.15, 0.2) is 0 Å². The van der Waals surface area contributed by atoms with Gasteiger partial charge in [0.05, 0.1) is 13.2 Å². The minimum absolute atomic E-state index is 0.144. The van der Waals surface area contributed by atoms with Crippen LogP contribution < -0.4 is 5.32 Å². The van der Waals surface area contributed by atoms with Gasteiger partial charge in [-0.2, -0.15) is 0 Å². The highest BCUT2D eigenvalue weighted by atomic mass is 16.5. The number of rotatable bonds is 1. The molecule has 0 radical (unpaired) electrons. The Morgan fingerprint density at radius 3 is 2.15 bits per heavy atom. The van der Waals surface area contributed by atoms with E-state index in [-0.39, 0.29) is 11.0 Å². The van der Waals surface area contributed by atoms with Crippen molar-refractivity contribution in [2.24, 2.45) is 11.3 Å². The normalized spacial score (nSPS) is 30.9. The molecule has 0 spiro atoms. The largest absolute Gasteiger partial charge is 0.378 e. The Kier molecular flexibility index (Phi) is 3.03. The van der Waals surface area contributed by atoms with E-state index in [1.165, 1.54) is 0 Å². The SMILES string of the molecule is CC(C)C1(C(C)(C)C)COCCN1. The molecule has 78 valence electrons. The fourth-order valence-electron chi connectivity index (χ4n) is 2.35. The molecule has 2 heteroatoms. The molecule has 0 bridgehead atoms. The zero-order chi connectivity index (χ0) is 10.1. The van der Waals surface area contributed by atoms with E-state index in [0.29, 0.717) is 5.92 Å². The highest BCUT2D eigenvalue weighted by Crippen LogP contribution is 2.37. The second-order valence-electron chi connectivity index (χ2n) is 5.36. The Bertz CT molecular complexity index is 163. The predicted molar refractivity (Wildman–Crippen MR) is 55.8 cm³/mol. The first kappa shape index (κ1) is 11.0. The maximum Gasteiger partial charge on any atom is 0.0656 e. The van der Waals surface area contributed by atoms with Crippen LogP contribution in [0.1, 0.15) is 34.6 Å². The molecular weight excluding hydrogens is 162 g/mol. The second-order valence-corrected chi connectivity index (χ2v) is 5.36. The number of nitrogens with one attached hydrogen (secondary N) is 1. The highest BCUT2D eigenvalue weighted by Gasteiger charge is 2.45. The van der Waals surface area contributed by atoms with Gasteiger partial charge in [-0.15, -0.1) is 0 Å². The van der Waals surface area contributed by atoms with Gasteiger partial charge in [0.2, 0.25) is 0 Å². The molecule has 0 aromatic carbocycles. The number of ether oxygens (including phenoxy) is 1. The molecule has 1 aliphatic heterocycles. The molecule has 1 N–H and O–H groups in total. The van der Waals surface area contributed by atoms with E-state index >= 15 is 0 Å². The van der Waals surface area contributed by atoms with Gasteiger partial charge in [-0.05, 0) is 11.3 Å². The van der Waals surface area contributed by atoms with Crippen molar-refractivity contribution in [3.8, 4) is 0 Å². The lowest BCUT2D eigenvalue weighted by molar-refractivity contribution is -0.0513. The summed E-state index contributed by atoms with van der Waals surface area (Å²) in [5.41, 5.74) is 0.396. The average Bonchev–Trinajstić information content (AvgIpc) is 2.03. The van der Waals surface area contributed by atoms with Crippen molar-refractivity contribution in [2.75, 3.05) is 19.8 Å². The van der Waals surface area contributed by atoms with Crippen molar-refractivity contribution < 1.29 is 4.74 Å².